The van der Waals surface area contributed by atoms with Gasteiger partial charge in [0.2, 0.25) is 0 Å². The van der Waals surface area contributed by atoms with Gasteiger partial charge in [-0.1, -0.05) is 35.5 Å². The number of thiazole rings is 1. The second-order valence-corrected chi connectivity index (χ2v) is 6.19. The first-order valence-electron chi connectivity index (χ1n) is 7.31. The third-order valence-electron chi connectivity index (χ3n) is 3.53. The highest BCUT2D eigenvalue weighted by Crippen LogP contribution is 2.16. The van der Waals surface area contributed by atoms with Gasteiger partial charge in [0.15, 0.2) is 6.61 Å². The number of ether oxygens (including phenoxy) is 1. The third kappa shape index (κ3) is 4.05. The van der Waals surface area contributed by atoms with Crippen molar-refractivity contribution in [2.45, 2.75) is 19.4 Å². The number of rotatable bonds is 6. The van der Waals surface area contributed by atoms with Crippen molar-refractivity contribution in [3.05, 3.63) is 52.0 Å². The van der Waals surface area contributed by atoms with Crippen LogP contribution in [0.15, 0.2) is 40.9 Å². The Hall–Kier alpha value is -1.92. The number of hydrogen-bond donors (Lipinski definition) is 1. The van der Waals surface area contributed by atoms with Gasteiger partial charge < -0.3 is 15.3 Å². The first kappa shape index (κ1) is 15.0. The summed E-state index contributed by atoms with van der Waals surface area (Å²) in [6, 6.07) is 10.3. The molecule has 1 aromatic heterocycles. The Labute approximate surface area is 133 Å². The van der Waals surface area contributed by atoms with Crippen LogP contribution in [0.1, 0.15) is 22.7 Å². The predicted octanol–water partition coefficient (Wildman–Crippen LogP) is 2.56. The molecule has 1 fully saturated rings. The van der Waals surface area contributed by atoms with Gasteiger partial charge >= 0.3 is 0 Å². The standard InChI is InChI=1S/C16H19N3O2S/c17-16(13-6-7-20-9-13)19-21-10-14-11-22-15(18-14)8-12-4-2-1-3-5-12/h1-5,11,13H,6-10H2,(H2,17,19). The molecule has 2 aromatic rings. The zero-order chi connectivity index (χ0) is 15.2. The summed E-state index contributed by atoms with van der Waals surface area (Å²) in [4.78, 5) is 9.87. The maximum Gasteiger partial charge on any atom is 0.160 e. The second-order valence-electron chi connectivity index (χ2n) is 5.25. The van der Waals surface area contributed by atoms with Crippen molar-refractivity contribution < 1.29 is 9.57 Å². The largest absolute Gasteiger partial charge is 0.388 e. The van der Waals surface area contributed by atoms with E-state index in [0.29, 0.717) is 19.0 Å². The minimum absolute atomic E-state index is 0.184. The smallest absolute Gasteiger partial charge is 0.160 e. The monoisotopic (exact) mass is 317 g/mol. The van der Waals surface area contributed by atoms with Crippen LogP contribution in [0.3, 0.4) is 0 Å². The molecule has 1 aromatic carbocycles. The molecule has 2 heterocycles. The number of benzene rings is 1. The lowest BCUT2D eigenvalue weighted by atomic mass is 10.1. The molecule has 1 saturated heterocycles. The molecule has 22 heavy (non-hydrogen) atoms. The van der Waals surface area contributed by atoms with Crippen LogP contribution in [-0.4, -0.2) is 24.0 Å². The lowest BCUT2D eigenvalue weighted by Crippen LogP contribution is -2.24. The third-order valence-corrected chi connectivity index (χ3v) is 4.43. The van der Waals surface area contributed by atoms with Gasteiger partial charge in [0, 0.05) is 24.3 Å². The Morgan fingerprint density at radius 1 is 1.41 bits per heavy atom. The van der Waals surface area contributed by atoms with Crippen LogP contribution in [0.4, 0.5) is 0 Å². The second kappa shape index (κ2) is 7.38. The van der Waals surface area contributed by atoms with Crippen LogP contribution in [-0.2, 0) is 22.6 Å². The van der Waals surface area contributed by atoms with E-state index in [2.05, 4.69) is 22.3 Å². The van der Waals surface area contributed by atoms with E-state index in [1.54, 1.807) is 11.3 Å². The van der Waals surface area contributed by atoms with Crippen molar-refractivity contribution in [3.63, 3.8) is 0 Å². The van der Waals surface area contributed by atoms with E-state index in [1.807, 2.05) is 23.6 Å². The van der Waals surface area contributed by atoms with E-state index in [1.165, 1.54) is 5.56 Å². The highest BCUT2D eigenvalue weighted by Gasteiger charge is 2.19. The summed E-state index contributed by atoms with van der Waals surface area (Å²) in [5.41, 5.74) is 8.02. The van der Waals surface area contributed by atoms with Gasteiger partial charge in [-0.15, -0.1) is 11.3 Å². The fourth-order valence-electron chi connectivity index (χ4n) is 2.28. The molecule has 6 heteroatoms. The summed E-state index contributed by atoms with van der Waals surface area (Å²) in [6.45, 7) is 1.73. The van der Waals surface area contributed by atoms with E-state index in [-0.39, 0.29) is 5.92 Å². The molecule has 2 N–H and O–H groups in total. The van der Waals surface area contributed by atoms with E-state index in [0.717, 1.165) is 30.2 Å². The van der Waals surface area contributed by atoms with Gasteiger partial charge in [-0.25, -0.2) is 4.98 Å². The molecule has 0 bridgehead atoms. The number of nitrogens with zero attached hydrogens (tertiary/aromatic N) is 2. The van der Waals surface area contributed by atoms with Crippen molar-refractivity contribution in [1.29, 1.82) is 0 Å². The molecule has 1 atom stereocenters. The van der Waals surface area contributed by atoms with E-state index < -0.39 is 0 Å². The summed E-state index contributed by atoms with van der Waals surface area (Å²) in [7, 11) is 0. The van der Waals surface area contributed by atoms with Gasteiger partial charge in [-0.3, -0.25) is 0 Å². The van der Waals surface area contributed by atoms with Crippen LogP contribution in [0.5, 0.6) is 0 Å². The SMILES string of the molecule is NC(=NOCc1csc(Cc2ccccc2)n1)C1CCOC1. The molecule has 0 radical (unpaired) electrons. The maximum atomic E-state index is 5.88. The van der Waals surface area contributed by atoms with Crippen LogP contribution < -0.4 is 5.73 Å². The molecular weight excluding hydrogens is 298 g/mol. The van der Waals surface area contributed by atoms with Gasteiger partial charge in [0.05, 0.1) is 17.3 Å². The Morgan fingerprint density at radius 2 is 2.27 bits per heavy atom. The van der Waals surface area contributed by atoms with Gasteiger partial charge in [-0.2, -0.15) is 0 Å². The van der Waals surface area contributed by atoms with Crippen molar-refractivity contribution in [2.75, 3.05) is 13.2 Å². The normalized spacial score (nSPS) is 18.5. The molecule has 0 saturated carbocycles. The molecular formula is C16H19N3O2S. The van der Waals surface area contributed by atoms with Crippen LogP contribution in [0.2, 0.25) is 0 Å². The minimum atomic E-state index is 0.184. The van der Waals surface area contributed by atoms with Crippen LogP contribution in [0.25, 0.3) is 0 Å². The summed E-state index contributed by atoms with van der Waals surface area (Å²) in [5, 5.41) is 7.05. The average Bonchev–Trinajstić information content (AvgIpc) is 3.20. The fourth-order valence-corrected chi connectivity index (χ4v) is 3.09. The number of amidine groups is 1. The van der Waals surface area contributed by atoms with Gasteiger partial charge in [-0.05, 0) is 12.0 Å². The van der Waals surface area contributed by atoms with Crippen LogP contribution in [0, 0.1) is 5.92 Å². The van der Waals surface area contributed by atoms with Crippen molar-refractivity contribution in [3.8, 4) is 0 Å². The maximum absolute atomic E-state index is 5.88. The van der Waals surface area contributed by atoms with Gasteiger partial charge in [0.1, 0.15) is 5.84 Å². The zero-order valence-electron chi connectivity index (χ0n) is 12.3. The summed E-state index contributed by atoms with van der Waals surface area (Å²) >= 11 is 1.64. The Balaban J connectivity index is 1.50. The molecule has 0 aliphatic carbocycles. The minimum Gasteiger partial charge on any atom is -0.388 e. The molecule has 1 unspecified atom stereocenters. The Morgan fingerprint density at radius 3 is 3.05 bits per heavy atom. The summed E-state index contributed by atoms with van der Waals surface area (Å²) in [6.07, 6.45) is 1.76. The first-order chi connectivity index (χ1) is 10.8. The summed E-state index contributed by atoms with van der Waals surface area (Å²) in [5.74, 6) is 0.696. The molecule has 0 spiro atoms. The zero-order valence-corrected chi connectivity index (χ0v) is 13.1. The molecule has 1 aliphatic heterocycles. The van der Waals surface area contributed by atoms with Gasteiger partial charge in [0.25, 0.3) is 0 Å². The number of hydrogen-bond acceptors (Lipinski definition) is 5. The molecule has 116 valence electrons. The lowest BCUT2D eigenvalue weighted by Gasteiger charge is -2.05. The summed E-state index contributed by atoms with van der Waals surface area (Å²) < 4.78 is 5.28. The van der Waals surface area contributed by atoms with Crippen molar-refractivity contribution >= 4 is 17.2 Å². The first-order valence-corrected chi connectivity index (χ1v) is 8.19. The predicted molar refractivity (Wildman–Crippen MR) is 86.7 cm³/mol. The van der Waals surface area contributed by atoms with Crippen molar-refractivity contribution in [1.82, 2.24) is 4.98 Å². The van der Waals surface area contributed by atoms with Crippen molar-refractivity contribution in [2.24, 2.45) is 16.8 Å². The van der Waals surface area contributed by atoms with Crippen LogP contribution >= 0.6 is 11.3 Å². The number of aromatic nitrogens is 1. The number of nitrogens with two attached hydrogens (primary N) is 1. The lowest BCUT2D eigenvalue weighted by molar-refractivity contribution is 0.125. The molecule has 0 amide bonds. The average molecular weight is 317 g/mol. The fraction of sp³-hybridized carbons (Fsp3) is 0.375. The molecule has 1 aliphatic rings. The Kier molecular flexibility index (Phi) is 5.03. The van der Waals surface area contributed by atoms with E-state index in [9.17, 15) is 0 Å². The Bertz CT molecular complexity index is 621. The van der Waals surface area contributed by atoms with E-state index >= 15 is 0 Å². The highest BCUT2D eigenvalue weighted by molar-refractivity contribution is 7.09. The highest BCUT2D eigenvalue weighted by atomic mass is 32.1. The quantitative estimate of drug-likeness (QED) is 0.505. The molecule has 5 nitrogen and oxygen atoms in total. The molecule has 3 rings (SSSR count). The number of oxime groups is 1. The van der Waals surface area contributed by atoms with E-state index in [4.69, 9.17) is 15.3 Å². The topological polar surface area (TPSA) is 69.7 Å².